The third-order valence-electron chi connectivity index (χ3n) is 4.77. The molecule has 0 aliphatic carbocycles. The molecule has 5 heteroatoms. The maximum absolute atomic E-state index is 11.9. The number of aromatic nitrogens is 2. The molecule has 1 amide bonds. The van der Waals surface area contributed by atoms with Crippen LogP contribution in [0.1, 0.15) is 37.7 Å². The third kappa shape index (κ3) is 5.84. The molecule has 0 aliphatic rings. The Morgan fingerprint density at radius 1 is 1.11 bits per heavy atom. The van der Waals surface area contributed by atoms with E-state index in [-0.39, 0.29) is 5.91 Å². The fraction of sp³-hybridized carbons (Fsp3) is 0.364. The number of nitrogens with zero attached hydrogens (tertiary/aromatic N) is 2. The number of amides is 1. The Hall–Kier alpha value is -2.82. The Bertz CT molecular complexity index is 858. The van der Waals surface area contributed by atoms with Crippen molar-refractivity contribution >= 4 is 16.8 Å². The SMILES string of the molecule is O=C(CCc1cccnc1)NCCCCCCn1ccc2cc(O)ccc21. The molecule has 0 saturated carbocycles. The summed E-state index contributed by atoms with van der Waals surface area (Å²) in [7, 11) is 0. The minimum absolute atomic E-state index is 0.112. The molecule has 0 atom stereocenters. The molecule has 2 aromatic heterocycles. The van der Waals surface area contributed by atoms with E-state index in [0.29, 0.717) is 12.2 Å². The number of benzene rings is 1. The summed E-state index contributed by atoms with van der Waals surface area (Å²) in [6.07, 6.45) is 11.3. The number of pyridine rings is 1. The van der Waals surface area contributed by atoms with Crippen LogP contribution < -0.4 is 5.32 Å². The largest absolute Gasteiger partial charge is 0.508 e. The van der Waals surface area contributed by atoms with Crippen LogP contribution >= 0.6 is 0 Å². The van der Waals surface area contributed by atoms with Crippen LogP contribution in [0.2, 0.25) is 0 Å². The van der Waals surface area contributed by atoms with Crippen molar-refractivity contribution in [2.45, 2.75) is 45.1 Å². The van der Waals surface area contributed by atoms with E-state index in [0.717, 1.165) is 61.7 Å². The van der Waals surface area contributed by atoms with Gasteiger partial charge in [-0.05, 0) is 55.2 Å². The van der Waals surface area contributed by atoms with Crippen LogP contribution in [0.15, 0.2) is 55.0 Å². The molecule has 1 aromatic carbocycles. The molecule has 5 nitrogen and oxygen atoms in total. The Morgan fingerprint density at radius 3 is 2.85 bits per heavy atom. The number of aryl methyl sites for hydroxylation is 2. The highest BCUT2D eigenvalue weighted by atomic mass is 16.3. The summed E-state index contributed by atoms with van der Waals surface area (Å²) in [5.41, 5.74) is 2.26. The number of hydrogen-bond donors (Lipinski definition) is 2. The van der Waals surface area contributed by atoms with E-state index in [1.165, 1.54) is 0 Å². The fourth-order valence-electron chi connectivity index (χ4n) is 3.26. The average Bonchev–Trinajstić information content (AvgIpc) is 3.08. The van der Waals surface area contributed by atoms with E-state index < -0.39 is 0 Å². The van der Waals surface area contributed by atoms with Gasteiger partial charge in [0.1, 0.15) is 5.75 Å². The van der Waals surface area contributed by atoms with Gasteiger partial charge in [0, 0.05) is 49.0 Å². The van der Waals surface area contributed by atoms with Gasteiger partial charge >= 0.3 is 0 Å². The number of carbonyl (C=O) groups excluding carboxylic acids is 1. The first-order chi connectivity index (χ1) is 13.2. The van der Waals surface area contributed by atoms with Crippen LogP contribution in [-0.2, 0) is 17.8 Å². The van der Waals surface area contributed by atoms with Crippen molar-refractivity contribution in [2.75, 3.05) is 6.54 Å². The molecule has 3 rings (SSSR count). The number of phenols is 1. The molecule has 0 unspecified atom stereocenters. The lowest BCUT2D eigenvalue weighted by Gasteiger charge is -2.07. The predicted molar refractivity (Wildman–Crippen MR) is 108 cm³/mol. The molecular weight excluding hydrogens is 338 g/mol. The smallest absolute Gasteiger partial charge is 0.220 e. The first-order valence-corrected chi connectivity index (χ1v) is 9.66. The first-order valence-electron chi connectivity index (χ1n) is 9.66. The number of rotatable bonds is 10. The highest BCUT2D eigenvalue weighted by Gasteiger charge is 2.03. The quantitative estimate of drug-likeness (QED) is 0.533. The topological polar surface area (TPSA) is 67.2 Å². The summed E-state index contributed by atoms with van der Waals surface area (Å²) in [5, 5.41) is 13.6. The lowest BCUT2D eigenvalue weighted by atomic mass is 10.1. The van der Waals surface area contributed by atoms with Gasteiger partial charge in [-0.3, -0.25) is 9.78 Å². The maximum atomic E-state index is 11.9. The van der Waals surface area contributed by atoms with E-state index in [9.17, 15) is 9.90 Å². The highest BCUT2D eigenvalue weighted by Crippen LogP contribution is 2.21. The van der Waals surface area contributed by atoms with Gasteiger partial charge in [-0.2, -0.15) is 0 Å². The summed E-state index contributed by atoms with van der Waals surface area (Å²) < 4.78 is 2.23. The molecule has 2 N–H and O–H groups in total. The number of carbonyl (C=O) groups is 1. The van der Waals surface area contributed by atoms with Gasteiger partial charge in [0.25, 0.3) is 0 Å². The van der Waals surface area contributed by atoms with Gasteiger partial charge in [0.2, 0.25) is 5.91 Å². The van der Waals surface area contributed by atoms with E-state index in [1.54, 1.807) is 18.3 Å². The van der Waals surface area contributed by atoms with E-state index in [4.69, 9.17) is 0 Å². The van der Waals surface area contributed by atoms with Crippen LogP contribution in [0.3, 0.4) is 0 Å². The van der Waals surface area contributed by atoms with Crippen LogP contribution in [0.25, 0.3) is 10.9 Å². The lowest BCUT2D eigenvalue weighted by molar-refractivity contribution is -0.121. The fourth-order valence-corrected chi connectivity index (χ4v) is 3.26. The number of phenolic OH excluding ortho intramolecular Hbond substituents is 1. The number of fused-ring (bicyclic) bond motifs is 1. The zero-order chi connectivity index (χ0) is 18.9. The number of aromatic hydroxyl groups is 1. The molecule has 27 heavy (non-hydrogen) atoms. The average molecular weight is 365 g/mol. The van der Waals surface area contributed by atoms with Crippen molar-refractivity contribution in [3.63, 3.8) is 0 Å². The van der Waals surface area contributed by atoms with Gasteiger partial charge in [-0.1, -0.05) is 18.9 Å². The van der Waals surface area contributed by atoms with Crippen LogP contribution in [0.4, 0.5) is 0 Å². The summed E-state index contributed by atoms with van der Waals surface area (Å²) in [5.74, 6) is 0.420. The second-order valence-electron chi connectivity index (χ2n) is 6.88. The van der Waals surface area contributed by atoms with Gasteiger partial charge in [0.15, 0.2) is 0 Å². The Morgan fingerprint density at radius 2 is 2.00 bits per heavy atom. The molecule has 0 aliphatic heterocycles. The first kappa shape index (κ1) is 19.0. The molecule has 0 bridgehead atoms. The van der Waals surface area contributed by atoms with Crippen molar-refractivity contribution in [3.05, 3.63) is 60.6 Å². The zero-order valence-corrected chi connectivity index (χ0v) is 15.6. The Labute approximate surface area is 160 Å². The van der Waals surface area contributed by atoms with Crippen LogP contribution in [0, 0.1) is 0 Å². The Balaban J connectivity index is 1.25. The van der Waals surface area contributed by atoms with Gasteiger partial charge in [-0.15, -0.1) is 0 Å². The monoisotopic (exact) mass is 365 g/mol. The third-order valence-corrected chi connectivity index (χ3v) is 4.77. The van der Waals surface area contributed by atoms with Crippen molar-refractivity contribution in [1.29, 1.82) is 0 Å². The van der Waals surface area contributed by atoms with Crippen molar-refractivity contribution < 1.29 is 9.90 Å². The summed E-state index contributed by atoms with van der Waals surface area (Å²) in [6.45, 7) is 1.73. The lowest BCUT2D eigenvalue weighted by Crippen LogP contribution is -2.24. The molecule has 3 aromatic rings. The molecule has 0 radical (unpaired) electrons. The molecular formula is C22H27N3O2. The van der Waals surface area contributed by atoms with E-state index in [2.05, 4.69) is 21.1 Å². The van der Waals surface area contributed by atoms with Gasteiger partial charge in [-0.25, -0.2) is 0 Å². The number of hydrogen-bond acceptors (Lipinski definition) is 3. The second-order valence-corrected chi connectivity index (χ2v) is 6.88. The molecule has 0 fully saturated rings. The zero-order valence-electron chi connectivity index (χ0n) is 15.6. The predicted octanol–water partition coefficient (Wildman–Crippen LogP) is 4.05. The highest BCUT2D eigenvalue weighted by molar-refractivity contribution is 5.81. The summed E-state index contributed by atoms with van der Waals surface area (Å²) >= 11 is 0. The standard InChI is InChI=1S/C22H27N3O2/c26-20-8-9-21-19(16-20)11-15-25(21)14-4-2-1-3-13-24-22(27)10-7-18-6-5-12-23-17-18/h5-6,8-9,11-12,15-17,26H,1-4,7,10,13-14H2,(H,24,27). The minimum atomic E-state index is 0.112. The molecule has 142 valence electrons. The van der Waals surface area contributed by atoms with Crippen LogP contribution in [0.5, 0.6) is 5.75 Å². The number of nitrogens with one attached hydrogen (secondary N) is 1. The van der Waals surface area contributed by atoms with E-state index in [1.807, 2.05) is 30.5 Å². The van der Waals surface area contributed by atoms with Crippen LogP contribution in [-0.4, -0.2) is 27.1 Å². The molecule has 0 spiro atoms. The summed E-state index contributed by atoms with van der Waals surface area (Å²) in [4.78, 5) is 15.9. The van der Waals surface area contributed by atoms with E-state index >= 15 is 0 Å². The Kier molecular flexibility index (Phi) is 6.85. The minimum Gasteiger partial charge on any atom is -0.508 e. The normalized spacial score (nSPS) is 11.0. The van der Waals surface area contributed by atoms with Gasteiger partial charge in [0.05, 0.1) is 0 Å². The second kappa shape index (κ2) is 9.76. The summed E-state index contributed by atoms with van der Waals surface area (Å²) in [6, 6.07) is 11.4. The van der Waals surface area contributed by atoms with Gasteiger partial charge < -0.3 is 15.0 Å². The molecule has 0 saturated heterocycles. The molecule has 2 heterocycles. The van der Waals surface area contributed by atoms with Crippen molar-refractivity contribution in [2.24, 2.45) is 0 Å². The van der Waals surface area contributed by atoms with Crippen molar-refractivity contribution in [1.82, 2.24) is 14.9 Å². The van der Waals surface area contributed by atoms with Crippen molar-refractivity contribution in [3.8, 4) is 5.75 Å². The number of unbranched alkanes of at least 4 members (excludes halogenated alkanes) is 3. The maximum Gasteiger partial charge on any atom is 0.220 e.